The lowest BCUT2D eigenvalue weighted by Crippen LogP contribution is -2.30. The Kier molecular flexibility index (Phi) is 4.96. The molecule has 4 heterocycles. The van der Waals surface area contributed by atoms with Crippen molar-refractivity contribution < 1.29 is 22.4 Å². The molecule has 6 nitrogen and oxygen atoms in total. The fraction of sp³-hybridized carbons (Fsp3) is 0.167. The topological polar surface area (TPSA) is 67.6 Å². The van der Waals surface area contributed by atoms with Gasteiger partial charge in [0.25, 0.3) is 11.5 Å². The van der Waals surface area contributed by atoms with Gasteiger partial charge in [-0.2, -0.15) is 13.2 Å². The van der Waals surface area contributed by atoms with Crippen molar-refractivity contribution in [2.45, 2.75) is 19.5 Å². The molecule has 3 aromatic heterocycles. The normalized spacial score (nSPS) is 13.4. The third-order valence-corrected chi connectivity index (χ3v) is 5.83. The summed E-state index contributed by atoms with van der Waals surface area (Å²) in [6.45, 7) is 1.42. The second-order valence-electron chi connectivity index (χ2n) is 7.89. The first-order valence-corrected chi connectivity index (χ1v) is 10.3. The number of anilines is 1. The number of pyridine rings is 2. The summed E-state index contributed by atoms with van der Waals surface area (Å²) in [6, 6.07) is 10.3. The number of hydrogen-bond acceptors (Lipinski definition) is 4. The van der Waals surface area contributed by atoms with Gasteiger partial charge < -0.3 is 0 Å². The molecule has 0 unspecified atom stereocenters. The van der Waals surface area contributed by atoms with E-state index in [9.17, 15) is 22.8 Å². The van der Waals surface area contributed by atoms with E-state index in [1.807, 2.05) is 6.07 Å². The molecule has 0 atom stereocenters. The largest absolute Gasteiger partial charge is 0.433 e. The molecule has 5 rings (SSSR count). The van der Waals surface area contributed by atoms with E-state index in [0.717, 1.165) is 23.0 Å². The van der Waals surface area contributed by atoms with Gasteiger partial charge in [0.15, 0.2) is 5.69 Å². The summed E-state index contributed by atoms with van der Waals surface area (Å²) in [5.41, 5.74) is -1.97. The van der Waals surface area contributed by atoms with E-state index in [-0.39, 0.29) is 22.3 Å². The van der Waals surface area contributed by atoms with Crippen LogP contribution in [0.2, 0.25) is 0 Å². The number of nitrogens with zero attached hydrogens (tertiary/aromatic N) is 4. The Labute approximate surface area is 190 Å². The molecule has 0 saturated carbocycles. The Balaban J connectivity index is 1.59. The third-order valence-electron chi connectivity index (χ3n) is 5.83. The minimum atomic E-state index is -4.83. The smallest absolute Gasteiger partial charge is 0.292 e. The van der Waals surface area contributed by atoms with Crippen LogP contribution in [-0.4, -0.2) is 26.8 Å². The van der Waals surface area contributed by atoms with Crippen LogP contribution in [0.1, 0.15) is 27.2 Å². The molecule has 34 heavy (non-hydrogen) atoms. The number of halogens is 4. The first-order chi connectivity index (χ1) is 16.2. The second-order valence-corrected chi connectivity index (χ2v) is 7.89. The van der Waals surface area contributed by atoms with Gasteiger partial charge in [-0.25, -0.2) is 14.4 Å². The van der Waals surface area contributed by atoms with Crippen molar-refractivity contribution in [3.63, 3.8) is 0 Å². The van der Waals surface area contributed by atoms with Crippen LogP contribution in [0.25, 0.3) is 16.8 Å². The quantitative estimate of drug-likeness (QED) is 0.409. The zero-order valence-corrected chi connectivity index (χ0v) is 17.7. The first-order valence-electron chi connectivity index (χ1n) is 10.3. The number of carbonyl (C=O) groups excluding carboxylic acids is 1. The monoisotopic (exact) mass is 468 g/mol. The maximum atomic E-state index is 15.1. The van der Waals surface area contributed by atoms with Crippen molar-refractivity contribution in [3.8, 4) is 11.1 Å². The van der Waals surface area contributed by atoms with Crippen LogP contribution in [0, 0.1) is 12.7 Å². The number of fused-ring (bicyclic) bond motifs is 2. The highest BCUT2D eigenvalue weighted by Crippen LogP contribution is 2.32. The second kappa shape index (κ2) is 7.75. The van der Waals surface area contributed by atoms with E-state index in [0.29, 0.717) is 18.8 Å². The van der Waals surface area contributed by atoms with E-state index >= 15 is 4.39 Å². The van der Waals surface area contributed by atoms with Gasteiger partial charge >= 0.3 is 6.18 Å². The van der Waals surface area contributed by atoms with Crippen LogP contribution in [0.15, 0.2) is 59.7 Å². The fourth-order valence-corrected chi connectivity index (χ4v) is 4.16. The van der Waals surface area contributed by atoms with Gasteiger partial charge in [0.05, 0.1) is 5.56 Å². The Morgan fingerprint density at radius 3 is 2.65 bits per heavy atom. The number of amides is 1. The molecule has 4 aromatic rings. The number of aromatic nitrogens is 3. The highest BCUT2D eigenvalue weighted by Gasteiger charge is 2.36. The molecule has 172 valence electrons. The third kappa shape index (κ3) is 3.42. The van der Waals surface area contributed by atoms with Gasteiger partial charge in [0, 0.05) is 30.1 Å². The summed E-state index contributed by atoms with van der Waals surface area (Å²) in [7, 11) is 0. The van der Waals surface area contributed by atoms with Crippen molar-refractivity contribution in [2.24, 2.45) is 0 Å². The molecule has 1 amide bonds. The van der Waals surface area contributed by atoms with Crippen LogP contribution in [-0.2, 0) is 12.6 Å². The van der Waals surface area contributed by atoms with Crippen molar-refractivity contribution >= 4 is 17.4 Å². The summed E-state index contributed by atoms with van der Waals surface area (Å²) in [5, 5.41) is 0. The summed E-state index contributed by atoms with van der Waals surface area (Å²) in [5.74, 6) is -0.938. The fourth-order valence-electron chi connectivity index (χ4n) is 4.16. The lowest BCUT2D eigenvalue weighted by molar-refractivity contribution is -0.141. The molecule has 1 aliphatic rings. The van der Waals surface area contributed by atoms with Gasteiger partial charge in [-0.15, -0.1) is 0 Å². The number of carbonyl (C=O) groups is 1. The average molecular weight is 468 g/mol. The van der Waals surface area contributed by atoms with E-state index < -0.39 is 34.7 Å². The number of alkyl halides is 3. The molecule has 0 N–H and O–H groups in total. The molecule has 1 aliphatic heterocycles. The minimum Gasteiger partial charge on any atom is -0.292 e. The van der Waals surface area contributed by atoms with E-state index in [1.165, 1.54) is 35.4 Å². The van der Waals surface area contributed by atoms with Crippen LogP contribution >= 0.6 is 0 Å². The SMILES string of the molecule is Cc1c(C(F)(F)F)nc2c(-c3ccc(C(=O)N4CCc5cccnc54)c(F)c3)cccn2c1=O. The number of rotatable bonds is 2. The van der Waals surface area contributed by atoms with Crippen molar-refractivity contribution in [1.29, 1.82) is 0 Å². The molecule has 0 fully saturated rings. The molecule has 10 heteroatoms. The molecule has 0 radical (unpaired) electrons. The van der Waals surface area contributed by atoms with Crippen LogP contribution in [0.4, 0.5) is 23.4 Å². The average Bonchev–Trinajstić information content (AvgIpc) is 3.24. The Hall–Kier alpha value is -4.08. The first kappa shape index (κ1) is 21.7. The Morgan fingerprint density at radius 1 is 1.12 bits per heavy atom. The van der Waals surface area contributed by atoms with E-state index in [1.54, 1.807) is 12.3 Å². The van der Waals surface area contributed by atoms with Gasteiger partial charge in [-0.05, 0) is 54.8 Å². The summed E-state index contributed by atoms with van der Waals surface area (Å²) in [6.07, 6.45) is -1.37. The molecule has 1 aromatic carbocycles. The zero-order valence-electron chi connectivity index (χ0n) is 17.7. The Bertz CT molecular complexity index is 1530. The maximum Gasteiger partial charge on any atom is 0.433 e. The standard InChI is InChI=1S/C24H16F4N4O2/c1-13-19(24(26,27)28)30-21-16(5-3-10-31(21)22(13)33)15-6-7-17(18(25)12-15)23(34)32-11-8-14-4-2-9-29-20(14)32/h2-7,9-10,12H,8,11H2,1H3. The zero-order chi connectivity index (χ0) is 24.2. The predicted octanol–water partition coefficient (Wildman–Crippen LogP) is 4.43. The number of benzene rings is 1. The van der Waals surface area contributed by atoms with Gasteiger partial charge in [-0.1, -0.05) is 12.1 Å². The molecule has 0 bridgehead atoms. The number of hydrogen-bond donors (Lipinski definition) is 0. The molecule has 0 spiro atoms. The summed E-state index contributed by atoms with van der Waals surface area (Å²) in [4.78, 5) is 34.8. The molecule has 0 aliphatic carbocycles. The van der Waals surface area contributed by atoms with Crippen LogP contribution in [0.3, 0.4) is 0 Å². The lowest BCUT2D eigenvalue weighted by Gasteiger charge is -2.17. The maximum absolute atomic E-state index is 15.1. The highest BCUT2D eigenvalue weighted by molar-refractivity contribution is 6.07. The molecular weight excluding hydrogens is 452 g/mol. The lowest BCUT2D eigenvalue weighted by atomic mass is 10.0. The predicted molar refractivity (Wildman–Crippen MR) is 116 cm³/mol. The summed E-state index contributed by atoms with van der Waals surface area (Å²) < 4.78 is 56.4. The van der Waals surface area contributed by atoms with Crippen LogP contribution in [0.5, 0.6) is 0 Å². The summed E-state index contributed by atoms with van der Waals surface area (Å²) >= 11 is 0. The van der Waals surface area contributed by atoms with Gasteiger partial charge in [-0.3, -0.25) is 18.9 Å². The highest BCUT2D eigenvalue weighted by atomic mass is 19.4. The van der Waals surface area contributed by atoms with E-state index in [4.69, 9.17) is 0 Å². The molecule has 0 saturated heterocycles. The van der Waals surface area contributed by atoms with Crippen LogP contribution < -0.4 is 10.5 Å². The van der Waals surface area contributed by atoms with Crippen molar-refractivity contribution in [1.82, 2.24) is 14.4 Å². The van der Waals surface area contributed by atoms with Crippen molar-refractivity contribution in [2.75, 3.05) is 11.4 Å². The van der Waals surface area contributed by atoms with E-state index in [2.05, 4.69) is 9.97 Å². The van der Waals surface area contributed by atoms with Gasteiger partial charge in [0.1, 0.15) is 17.3 Å². The van der Waals surface area contributed by atoms with Gasteiger partial charge in [0.2, 0.25) is 0 Å². The molecular formula is C24H16F4N4O2. The minimum absolute atomic E-state index is 0.121. The Morgan fingerprint density at radius 2 is 1.91 bits per heavy atom. The van der Waals surface area contributed by atoms with Crippen molar-refractivity contribution in [3.05, 3.63) is 93.4 Å².